The lowest BCUT2D eigenvalue weighted by Gasteiger charge is -2.36. The fourth-order valence-electron chi connectivity index (χ4n) is 3.71. The van der Waals surface area contributed by atoms with E-state index in [-0.39, 0.29) is 37.2 Å². The first-order chi connectivity index (χ1) is 9.92. The van der Waals surface area contributed by atoms with Gasteiger partial charge in [-0.3, -0.25) is 4.98 Å². The average molecular weight is 383 g/mol. The highest BCUT2D eigenvalue weighted by Crippen LogP contribution is 2.27. The van der Waals surface area contributed by atoms with Crippen molar-refractivity contribution in [2.75, 3.05) is 19.6 Å². The van der Waals surface area contributed by atoms with Gasteiger partial charge in [-0.25, -0.2) is 0 Å². The molecule has 1 saturated carbocycles. The van der Waals surface area contributed by atoms with Crippen LogP contribution >= 0.6 is 37.2 Å². The molecule has 1 aliphatic carbocycles. The van der Waals surface area contributed by atoms with Gasteiger partial charge < -0.3 is 10.2 Å². The Balaban J connectivity index is 0.00000161. The van der Waals surface area contributed by atoms with Crippen LogP contribution in [0.4, 0.5) is 0 Å². The summed E-state index contributed by atoms with van der Waals surface area (Å²) in [4.78, 5) is 6.91. The van der Waals surface area contributed by atoms with Crippen molar-refractivity contribution in [2.24, 2.45) is 5.92 Å². The van der Waals surface area contributed by atoms with Crippen molar-refractivity contribution >= 4 is 37.2 Å². The van der Waals surface area contributed by atoms with Crippen molar-refractivity contribution in [3.05, 3.63) is 30.1 Å². The molecule has 0 amide bonds. The Morgan fingerprint density at radius 1 is 1.04 bits per heavy atom. The van der Waals surface area contributed by atoms with E-state index < -0.39 is 0 Å². The van der Waals surface area contributed by atoms with E-state index in [0.29, 0.717) is 0 Å². The van der Waals surface area contributed by atoms with E-state index in [2.05, 4.69) is 21.3 Å². The molecule has 0 bridgehead atoms. The van der Waals surface area contributed by atoms with Gasteiger partial charge >= 0.3 is 0 Å². The van der Waals surface area contributed by atoms with Gasteiger partial charge in [0.1, 0.15) is 0 Å². The van der Waals surface area contributed by atoms with Crippen LogP contribution < -0.4 is 5.32 Å². The molecule has 0 atom stereocenters. The molecule has 2 heterocycles. The molecule has 6 heteroatoms. The molecule has 0 spiro atoms. The zero-order valence-electron chi connectivity index (χ0n) is 13.7. The molecule has 0 radical (unpaired) electrons. The summed E-state index contributed by atoms with van der Waals surface area (Å²) in [5.74, 6) is 0.865. The SMILES string of the molecule is Cl.Cl.Cl.c1cncc(CNCC2CCN(C3CCCC3)CC2)c1. The summed E-state index contributed by atoms with van der Waals surface area (Å²) >= 11 is 0. The topological polar surface area (TPSA) is 28.2 Å². The molecule has 134 valence electrons. The molecule has 23 heavy (non-hydrogen) atoms. The summed E-state index contributed by atoms with van der Waals surface area (Å²) in [6.45, 7) is 4.76. The highest BCUT2D eigenvalue weighted by Gasteiger charge is 2.26. The van der Waals surface area contributed by atoms with Gasteiger partial charge in [0, 0.05) is 25.0 Å². The van der Waals surface area contributed by atoms with E-state index in [1.807, 2.05) is 18.5 Å². The summed E-state index contributed by atoms with van der Waals surface area (Å²) in [5, 5.41) is 3.60. The fourth-order valence-corrected chi connectivity index (χ4v) is 3.71. The quantitative estimate of drug-likeness (QED) is 0.831. The van der Waals surface area contributed by atoms with Crippen LogP contribution in [-0.2, 0) is 6.54 Å². The first-order valence-corrected chi connectivity index (χ1v) is 8.25. The second-order valence-electron chi connectivity index (χ2n) is 6.41. The highest BCUT2D eigenvalue weighted by atomic mass is 35.5. The Morgan fingerprint density at radius 2 is 1.74 bits per heavy atom. The van der Waals surface area contributed by atoms with E-state index in [9.17, 15) is 0 Å². The molecule has 0 aromatic carbocycles. The van der Waals surface area contributed by atoms with Crippen LogP contribution in [0.15, 0.2) is 24.5 Å². The Hall–Kier alpha value is -0.0600. The maximum atomic E-state index is 4.16. The third-order valence-corrected chi connectivity index (χ3v) is 4.98. The van der Waals surface area contributed by atoms with Crippen LogP contribution in [-0.4, -0.2) is 35.6 Å². The molecule has 3 nitrogen and oxygen atoms in total. The van der Waals surface area contributed by atoms with Crippen LogP contribution in [0.25, 0.3) is 0 Å². The van der Waals surface area contributed by atoms with Gasteiger partial charge in [0.2, 0.25) is 0 Å². The number of aromatic nitrogens is 1. The maximum Gasteiger partial charge on any atom is 0.0312 e. The van der Waals surface area contributed by atoms with Gasteiger partial charge in [-0.05, 0) is 62.9 Å². The van der Waals surface area contributed by atoms with Crippen LogP contribution in [0.3, 0.4) is 0 Å². The summed E-state index contributed by atoms with van der Waals surface area (Å²) < 4.78 is 0. The summed E-state index contributed by atoms with van der Waals surface area (Å²) in [5.41, 5.74) is 1.29. The van der Waals surface area contributed by atoms with Crippen molar-refractivity contribution in [1.29, 1.82) is 0 Å². The average Bonchev–Trinajstić information content (AvgIpc) is 3.03. The monoisotopic (exact) mass is 381 g/mol. The Kier molecular flexibility index (Phi) is 12.3. The Labute approximate surface area is 159 Å². The van der Waals surface area contributed by atoms with E-state index >= 15 is 0 Å². The number of hydrogen-bond donors (Lipinski definition) is 1. The maximum absolute atomic E-state index is 4.16. The summed E-state index contributed by atoms with van der Waals surface area (Å²) in [6.07, 6.45) is 12.3. The molecule has 3 rings (SSSR count). The van der Waals surface area contributed by atoms with Crippen molar-refractivity contribution < 1.29 is 0 Å². The Bertz CT molecular complexity index is 391. The number of likely N-dealkylation sites (tertiary alicyclic amines) is 1. The molecule has 1 aromatic rings. The molecule has 1 aromatic heterocycles. The van der Waals surface area contributed by atoms with Gasteiger partial charge in [0.15, 0.2) is 0 Å². The predicted octanol–water partition coefficient (Wildman–Crippen LogP) is 4.09. The molecule has 1 aliphatic heterocycles. The van der Waals surface area contributed by atoms with E-state index in [1.54, 1.807) is 0 Å². The largest absolute Gasteiger partial charge is 0.312 e. The summed E-state index contributed by atoms with van der Waals surface area (Å²) in [7, 11) is 0. The molecule has 0 unspecified atom stereocenters. The number of pyridine rings is 1. The fraction of sp³-hybridized carbons (Fsp3) is 0.706. The van der Waals surface area contributed by atoms with Crippen molar-refractivity contribution in [3.8, 4) is 0 Å². The lowest BCUT2D eigenvalue weighted by Crippen LogP contribution is -2.42. The minimum absolute atomic E-state index is 0. The van der Waals surface area contributed by atoms with Gasteiger partial charge in [-0.15, -0.1) is 37.2 Å². The van der Waals surface area contributed by atoms with Gasteiger partial charge in [0.25, 0.3) is 0 Å². The van der Waals surface area contributed by atoms with Crippen LogP contribution in [0.1, 0.15) is 44.1 Å². The van der Waals surface area contributed by atoms with Gasteiger partial charge in [-0.1, -0.05) is 18.9 Å². The minimum atomic E-state index is 0. The van der Waals surface area contributed by atoms with Crippen molar-refractivity contribution in [2.45, 2.75) is 51.1 Å². The molecule has 1 N–H and O–H groups in total. The van der Waals surface area contributed by atoms with Gasteiger partial charge in [-0.2, -0.15) is 0 Å². The molecule has 2 aliphatic rings. The van der Waals surface area contributed by atoms with Gasteiger partial charge in [0.05, 0.1) is 0 Å². The number of rotatable bonds is 5. The van der Waals surface area contributed by atoms with E-state index in [4.69, 9.17) is 0 Å². The lowest BCUT2D eigenvalue weighted by atomic mass is 9.95. The Morgan fingerprint density at radius 3 is 2.35 bits per heavy atom. The van der Waals surface area contributed by atoms with E-state index in [0.717, 1.165) is 25.0 Å². The first-order valence-electron chi connectivity index (χ1n) is 8.25. The minimum Gasteiger partial charge on any atom is -0.312 e. The van der Waals surface area contributed by atoms with Crippen LogP contribution in [0.2, 0.25) is 0 Å². The number of nitrogens with zero attached hydrogens (tertiary/aromatic N) is 2. The first kappa shape index (κ1) is 22.9. The molecule has 1 saturated heterocycles. The predicted molar refractivity (Wildman–Crippen MR) is 104 cm³/mol. The number of hydrogen-bond acceptors (Lipinski definition) is 3. The lowest BCUT2D eigenvalue weighted by molar-refractivity contribution is 0.133. The van der Waals surface area contributed by atoms with E-state index in [1.165, 1.54) is 57.2 Å². The molecular formula is C17H30Cl3N3. The third kappa shape index (κ3) is 7.15. The highest BCUT2D eigenvalue weighted by molar-refractivity contribution is 5.86. The van der Waals surface area contributed by atoms with Crippen molar-refractivity contribution in [1.82, 2.24) is 15.2 Å². The normalized spacial score (nSPS) is 19.5. The molecular weight excluding hydrogens is 353 g/mol. The smallest absolute Gasteiger partial charge is 0.0312 e. The second-order valence-corrected chi connectivity index (χ2v) is 6.41. The standard InChI is InChI=1S/C17H27N3.3ClH/c1-2-6-17(5-1)20-10-7-15(8-11-20)12-19-14-16-4-3-9-18-13-16;;;/h3-4,9,13,15,17,19H,1-2,5-8,10-12,14H2;3*1H. The van der Waals surface area contributed by atoms with Crippen molar-refractivity contribution in [3.63, 3.8) is 0 Å². The zero-order valence-corrected chi connectivity index (χ0v) is 16.1. The third-order valence-electron chi connectivity index (χ3n) is 4.98. The number of piperidine rings is 1. The van der Waals surface area contributed by atoms with Crippen LogP contribution in [0, 0.1) is 5.92 Å². The summed E-state index contributed by atoms with van der Waals surface area (Å²) in [6, 6.07) is 5.07. The molecule has 2 fully saturated rings. The zero-order chi connectivity index (χ0) is 13.6. The van der Waals surface area contributed by atoms with Crippen LogP contribution in [0.5, 0.6) is 0 Å². The second kappa shape index (κ2) is 12.3. The number of halogens is 3. The number of nitrogens with one attached hydrogen (secondary N) is 1.